The number of rotatable bonds is 7. The standard InChI is InChI=1S/C12H25BrOS/c1-3-15(2,13)11-6-4-5-8-12-9-7-10-14-12/h12H,3-11H2,1-2H3. The van der Waals surface area contributed by atoms with Crippen LogP contribution in [0.5, 0.6) is 0 Å². The van der Waals surface area contributed by atoms with Gasteiger partial charge in [-0.25, -0.2) is 0 Å². The molecule has 15 heavy (non-hydrogen) atoms. The molecule has 2 unspecified atom stereocenters. The van der Waals surface area contributed by atoms with Gasteiger partial charge < -0.3 is 4.74 Å². The second-order valence-electron chi connectivity index (χ2n) is 4.63. The van der Waals surface area contributed by atoms with Crippen LogP contribution in [0.25, 0.3) is 0 Å². The Hall–Kier alpha value is 0.790. The Balaban J connectivity index is 1.92. The van der Waals surface area contributed by atoms with Crippen molar-refractivity contribution in [1.29, 1.82) is 0 Å². The van der Waals surface area contributed by atoms with E-state index >= 15 is 0 Å². The first-order valence-electron chi connectivity index (χ1n) is 6.19. The van der Waals surface area contributed by atoms with Gasteiger partial charge in [-0.15, -0.1) is 0 Å². The minimum atomic E-state index is -0.438. The summed E-state index contributed by atoms with van der Waals surface area (Å²) in [6.45, 7) is 3.29. The predicted octanol–water partition coefficient (Wildman–Crippen LogP) is 4.49. The number of hydrogen-bond acceptors (Lipinski definition) is 1. The summed E-state index contributed by atoms with van der Waals surface area (Å²) in [4.78, 5) is 0. The second-order valence-corrected chi connectivity index (χ2v) is 12.6. The minimum Gasteiger partial charge on any atom is -0.378 e. The smallest absolute Gasteiger partial charge is 0.0576 e. The Morgan fingerprint density at radius 3 is 2.73 bits per heavy atom. The Morgan fingerprint density at radius 1 is 1.33 bits per heavy atom. The van der Waals surface area contributed by atoms with Crippen LogP contribution in [0, 0.1) is 0 Å². The molecule has 3 heteroatoms. The van der Waals surface area contributed by atoms with Gasteiger partial charge in [0.05, 0.1) is 6.10 Å². The normalized spacial score (nSPS) is 27.5. The fourth-order valence-corrected chi connectivity index (χ4v) is 3.75. The molecule has 0 spiro atoms. The van der Waals surface area contributed by atoms with E-state index in [0.29, 0.717) is 6.10 Å². The Morgan fingerprint density at radius 2 is 2.13 bits per heavy atom. The van der Waals surface area contributed by atoms with Crippen molar-refractivity contribution in [2.24, 2.45) is 0 Å². The zero-order chi connectivity index (χ0) is 11.1. The quantitative estimate of drug-likeness (QED) is 0.629. The van der Waals surface area contributed by atoms with E-state index in [1.165, 1.54) is 50.0 Å². The number of halogens is 1. The lowest BCUT2D eigenvalue weighted by Gasteiger charge is -2.26. The Kier molecular flexibility index (Phi) is 6.63. The van der Waals surface area contributed by atoms with Crippen LogP contribution < -0.4 is 0 Å². The summed E-state index contributed by atoms with van der Waals surface area (Å²) >= 11 is 3.86. The Labute approximate surface area is 104 Å². The van der Waals surface area contributed by atoms with Gasteiger partial charge in [-0.3, -0.25) is 0 Å². The molecule has 0 aromatic carbocycles. The molecule has 1 rings (SSSR count). The molecule has 1 aliphatic rings. The van der Waals surface area contributed by atoms with E-state index < -0.39 is 8.46 Å². The average Bonchev–Trinajstić information content (AvgIpc) is 2.70. The van der Waals surface area contributed by atoms with Crippen molar-refractivity contribution >= 4 is 23.3 Å². The van der Waals surface area contributed by atoms with Gasteiger partial charge in [-0.1, -0.05) is 19.8 Å². The highest BCUT2D eigenvalue weighted by Gasteiger charge is 2.15. The van der Waals surface area contributed by atoms with Crippen LogP contribution in [0.1, 0.15) is 45.4 Å². The van der Waals surface area contributed by atoms with Crippen molar-refractivity contribution in [2.45, 2.75) is 51.6 Å². The van der Waals surface area contributed by atoms with Gasteiger partial charge in [0.1, 0.15) is 0 Å². The minimum absolute atomic E-state index is 0.438. The molecule has 1 saturated heterocycles. The van der Waals surface area contributed by atoms with E-state index in [4.69, 9.17) is 4.74 Å². The largest absolute Gasteiger partial charge is 0.378 e. The van der Waals surface area contributed by atoms with E-state index in [1.54, 1.807) is 0 Å². The van der Waals surface area contributed by atoms with E-state index in [-0.39, 0.29) is 0 Å². The molecule has 0 amide bonds. The molecule has 92 valence electrons. The van der Waals surface area contributed by atoms with Crippen molar-refractivity contribution in [2.75, 3.05) is 24.4 Å². The highest BCUT2D eigenvalue weighted by Crippen LogP contribution is 2.52. The number of ether oxygens (including phenoxy) is 1. The van der Waals surface area contributed by atoms with Crippen molar-refractivity contribution in [3.8, 4) is 0 Å². The topological polar surface area (TPSA) is 9.23 Å². The van der Waals surface area contributed by atoms with Gasteiger partial charge in [0.25, 0.3) is 0 Å². The summed E-state index contributed by atoms with van der Waals surface area (Å²) in [6.07, 6.45) is 11.0. The van der Waals surface area contributed by atoms with Crippen molar-refractivity contribution in [3.63, 3.8) is 0 Å². The van der Waals surface area contributed by atoms with Crippen LogP contribution in [-0.4, -0.2) is 30.5 Å². The second kappa shape index (κ2) is 7.18. The van der Waals surface area contributed by atoms with E-state index in [0.717, 1.165) is 6.61 Å². The van der Waals surface area contributed by atoms with Gasteiger partial charge in [-0.2, -0.15) is 8.46 Å². The number of hydrogen-bond donors (Lipinski definition) is 0. The van der Waals surface area contributed by atoms with Gasteiger partial charge in [0.15, 0.2) is 0 Å². The average molecular weight is 297 g/mol. The molecular formula is C12H25BrOS. The number of unbranched alkanes of at least 4 members (excludes halogenated alkanes) is 2. The van der Waals surface area contributed by atoms with Gasteiger partial charge in [-0.05, 0) is 58.3 Å². The molecule has 0 aromatic rings. The fourth-order valence-electron chi connectivity index (χ4n) is 1.97. The SMILES string of the molecule is CCS(C)(Br)CCCCCC1CCCO1. The summed E-state index contributed by atoms with van der Waals surface area (Å²) in [5.41, 5.74) is 0. The lowest BCUT2D eigenvalue weighted by atomic mass is 10.1. The monoisotopic (exact) mass is 296 g/mol. The molecule has 1 aliphatic heterocycles. The molecule has 1 heterocycles. The van der Waals surface area contributed by atoms with Crippen LogP contribution in [0.2, 0.25) is 0 Å². The molecular weight excluding hydrogens is 272 g/mol. The molecule has 2 atom stereocenters. The summed E-state index contributed by atoms with van der Waals surface area (Å²) in [5.74, 6) is 2.69. The highest BCUT2D eigenvalue weighted by molar-refractivity contribution is 9.58. The summed E-state index contributed by atoms with van der Waals surface area (Å²) in [5, 5.41) is 0. The van der Waals surface area contributed by atoms with Crippen molar-refractivity contribution in [3.05, 3.63) is 0 Å². The molecule has 0 saturated carbocycles. The molecule has 1 nitrogen and oxygen atoms in total. The van der Waals surface area contributed by atoms with E-state index in [2.05, 4.69) is 28.0 Å². The Bertz CT molecular complexity index is 167. The maximum atomic E-state index is 5.62. The molecule has 1 fully saturated rings. The van der Waals surface area contributed by atoms with Crippen LogP contribution in [0.4, 0.5) is 0 Å². The molecule has 0 aromatic heterocycles. The van der Waals surface area contributed by atoms with E-state index in [1.807, 2.05) is 0 Å². The molecule has 0 radical (unpaired) electrons. The van der Waals surface area contributed by atoms with Crippen LogP contribution in [0.15, 0.2) is 0 Å². The summed E-state index contributed by atoms with van der Waals surface area (Å²) < 4.78 is 5.62. The van der Waals surface area contributed by atoms with Crippen molar-refractivity contribution < 1.29 is 4.74 Å². The van der Waals surface area contributed by atoms with Crippen LogP contribution >= 0.6 is 23.3 Å². The molecule has 0 aliphatic carbocycles. The summed E-state index contributed by atoms with van der Waals surface area (Å²) in [6, 6.07) is 0. The fraction of sp³-hybridized carbons (Fsp3) is 1.00. The van der Waals surface area contributed by atoms with E-state index in [9.17, 15) is 0 Å². The zero-order valence-corrected chi connectivity index (χ0v) is 12.5. The first-order valence-corrected chi connectivity index (χ1v) is 10.4. The van der Waals surface area contributed by atoms with Crippen LogP contribution in [0.3, 0.4) is 0 Å². The third-order valence-electron chi connectivity index (χ3n) is 3.22. The lowest BCUT2D eigenvalue weighted by Crippen LogP contribution is -2.04. The third-order valence-corrected chi connectivity index (χ3v) is 7.91. The van der Waals surface area contributed by atoms with Gasteiger partial charge in [0, 0.05) is 6.61 Å². The zero-order valence-electron chi connectivity index (χ0n) is 10.1. The highest BCUT2D eigenvalue weighted by atomic mass is 79.9. The third kappa shape index (κ3) is 6.18. The van der Waals surface area contributed by atoms with Gasteiger partial charge in [0.2, 0.25) is 0 Å². The first-order chi connectivity index (χ1) is 7.14. The first kappa shape index (κ1) is 13.9. The maximum absolute atomic E-state index is 5.62. The predicted molar refractivity (Wildman–Crippen MR) is 75.3 cm³/mol. The van der Waals surface area contributed by atoms with Crippen LogP contribution in [-0.2, 0) is 4.74 Å². The summed E-state index contributed by atoms with van der Waals surface area (Å²) in [7, 11) is -0.438. The molecule has 0 bridgehead atoms. The maximum Gasteiger partial charge on any atom is 0.0576 e. The van der Waals surface area contributed by atoms with Gasteiger partial charge >= 0.3 is 0 Å². The van der Waals surface area contributed by atoms with Crippen molar-refractivity contribution in [1.82, 2.24) is 0 Å². The lowest BCUT2D eigenvalue weighted by molar-refractivity contribution is 0.102. The molecule has 0 N–H and O–H groups in total.